The molecular weight excluding hydrogens is 261 g/mol. The Hall–Kier alpha value is -1.31. The molecule has 0 atom stereocenters. The molecule has 0 aliphatic rings. The lowest BCUT2D eigenvalue weighted by molar-refractivity contribution is -0.120. The maximum absolute atomic E-state index is 12.3. The van der Waals surface area contributed by atoms with E-state index in [9.17, 15) is 13.2 Å². The molecular formula is C11H19F3N4O. The Labute approximate surface area is 110 Å². The van der Waals surface area contributed by atoms with E-state index in [-0.39, 0.29) is 24.0 Å². The number of anilines is 1. The SMILES string of the molecule is CCN(CC(F)(F)F)c1nnc(CNC(C)(C)C)o1. The summed E-state index contributed by atoms with van der Waals surface area (Å²) in [5, 5.41) is 10.5. The van der Waals surface area contributed by atoms with Crippen molar-refractivity contribution in [2.75, 3.05) is 18.0 Å². The third-order valence-corrected chi connectivity index (χ3v) is 2.25. The van der Waals surface area contributed by atoms with E-state index in [1.54, 1.807) is 6.92 Å². The summed E-state index contributed by atoms with van der Waals surface area (Å²) in [5.74, 6) is 0.269. The highest BCUT2D eigenvalue weighted by atomic mass is 19.4. The van der Waals surface area contributed by atoms with Crippen molar-refractivity contribution in [1.29, 1.82) is 0 Å². The van der Waals surface area contributed by atoms with Crippen LogP contribution in [0.15, 0.2) is 4.42 Å². The minimum atomic E-state index is -4.30. The van der Waals surface area contributed by atoms with E-state index in [1.807, 2.05) is 20.8 Å². The zero-order valence-corrected chi connectivity index (χ0v) is 11.5. The van der Waals surface area contributed by atoms with Gasteiger partial charge in [-0.3, -0.25) is 0 Å². The first-order valence-corrected chi connectivity index (χ1v) is 6.00. The summed E-state index contributed by atoms with van der Waals surface area (Å²) >= 11 is 0. The van der Waals surface area contributed by atoms with Gasteiger partial charge in [-0.1, -0.05) is 5.10 Å². The molecule has 0 fully saturated rings. The molecule has 0 aromatic carbocycles. The summed E-state index contributed by atoms with van der Waals surface area (Å²) in [6.45, 7) is 6.86. The molecule has 0 saturated carbocycles. The summed E-state index contributed by atoms with van der Waals surface area (Å²) in [7, 11) is 0. The minimum Gasteiger partial charge on any atom is -0.407 e. The molecule has 0 unspecified atom stereocenters. The van der Waals surface area contributed by atoms with Crippen LogP contribution in [0.2, 0.25) is 0 Å². The molecule has 0 aliphatic carbocycles. The van der Waals surface area contributed by atoms with Crippen LogP contribution in [0.4, 0.5) is 19.2 Å². The second-order valence-corrected chi connectivity index (χ2v) is 5.21. The highest BCUT2D eigenvalue weighted by molar-refractivity contribution is 5.23. The normalized spacial score (nSPS) is 12.8. The van der Waals surface area contributed by atoms with E-state index >= 15 is 0 Å². The predicted octanol–water partition coefficient (Wildman–Crippen LogP) is 2.35. The second-order valence-electron chi connectivity index (χ2n) is 5.21. The fourth-order valence-electron chi connectivity index (χ4n) is 1.32. The van der Waals surface area contributed by atoms with Gasteiger partial charge < -0.3 is 14.6 Å². The lowest BCUT2D eigenvalue weighted by atomic mass is 10.1. The lowest BCUT2D eigenvalue weighted by Gasteiger charge is -2.20. The third kappa shape index (κ3) is 5.91. The standard InChI is InChI=1S/C11H19F3N4O/c1-5-18(7-11(12,13)14)9-17-16-8(19-9)6-15-10(2,3)4/h15H,5-7H2,1-4H3. The summed E-state index contributed by atoms with van der Waals surface area (Å²) in [6, 6.07) is -0.106. The van der Waals surface area contributed by atoms with Gasteiger partial charge in [0, 0.05) is 12.1 Å². The van der Waals surface area contributed by atoms with Crippen molar-refractivity contribution in [3.05, 3.63) is 5.89 Å². The fourth-order valence-corrected chi connectivity index (χ4v) is 1.32. The van der Waals surface area contributed by atoms with Gasteiger partial charge in [0.05, 0.1) is 6.54 Å². The number of hydrogen-bond donors (Lipinski definition) is 1. The van der Waals surface area contributed by atoms with Crippen molar-refractivity contribution in [1.82, 2.24) is 15.5 Å². The largest absolute Gasteiger partial charge is 0.407 e. The number of nitrogens with zero attached hydrogens (tertiary/aromatic N) is 3. The van der Waals surface area contributed by atoms with Crippen molar-refractivity contribution < 1.29 is 17.6 Å². The van der Waals surface area contributed by atoms with Crippen molar-refractivity contribution in [2.45, 2.75) is 46.0 Å². The van der Waals surface area contributed by atoms with E-state index < -0.39 is 12.7 Å². The topological polar surface area (TPSA) is 54.2 Å². The molecule has 1 aromatic rings. The van der Waals surface area contributed by atoms with Crippen molar-refractivity contribution in [2.24, 2.45) is 0 Å². The molecule has 1 aromatic heterocycles. The molecule has 1 rings (SSSR count). The molecule has 0 spiro atoms. The third-order valence-electron chi connectivity index (χ3n) is 2.25. The van der Waals surface area contributed by atoms with Gasteiger partial charge in [0.1, 0.15) is 6.54 Å². The molecule has 0 radical (unpaired) electrons. The van der Waals surface area contributed by atoms with Crippen LogP contribution < -0.4 is 10.2 Å². The van der Waals surface area contributed by atoms with Crippen molar-refractivity contribution in [3.63, 3.8) is 0 Å². The highest BCUT2D eigenvalue weighted by Crippen LogP contribution is 2.21. The molecule has 0 saturated heterocycles. The van der Waals surface area contributed by atoms with Gasteiger partial charge in [-0.2, -0.15) is 13.2 Å². The quantitative estimate of drug-likeness (QED) is 0.897. The highest BCUT2D eigenvalue weighted by Gasteiger charge is 2.32. The van der Waals surface area contributed by atoms with Crippen LogP contribution >= 0.6 is 0 Å². The van der Waals surface area contributed by atoms with E-state index in [2.05, 4.69) is 15.5 Å². The van der Waals surface area contributed by atoms with Crippen LogP contribution in [-0.2, 0) is 6.54 Å². The molecule has 8 heteroatoms. The maximum atomic E-state index is 12.3. The first-order chi connectivity index (χ1) is 8.61. The average Bonchev–Trinajstić information content (AvgIpc) is 2.69. The Morgan fingerprint density at radius 2 is 1.84 bits per heavy atom. The van der Waals surface area contributed by atoms with E-state index in [1.165, 1.54) is 0 Å². The zero-order valence-electron chi connectivity index (χ0n) is 11.5. The molecule has 0 bridgehead atoms. The van der Waals surface area contributed by atoms with Gasteiger partial charge in [-0.25, -0.2) is 0 Å². The van der Waals surface area contributed by atoms with Gasteiger partial charge in [-0.15, -0.1) is 5.10 Å². The van der Waals surface area contributed by atoms with Crippen LogP contribution in [0.25, 0.3) is 0 Å². The molecule has 1 N–H and O–H groups in total. The van der Waals surface area contributed by atoms with E-state index in [0.29, 0.717) is 6.54 Å². The summed E-state index contributed by atoms with van der Waals surface area (Å²) in [6.07, 6.45) is -4.30. The van der Waals surface area contributed by atoms with Crippen molar-refractivity contribution in [3.8, 4) is 0 Å². The molecule has 0 aliphatic heterocycles. The Morgan fingerprint density at radius 3 is 2.32 bits per heavy atom. The Kier molecular flexibility index (Phi) is 4.78. The van der Waals surface area contributed by atoms with Crippen LogP contribution in [0, 0.1) is 0 Å². The molecule has 0 amide bonds. The summed E-state index contributed by atoms with van der Waals surface area (Å²) < 4.78 is 42.3. The van der Waals surface area contributed by atoms with Gasteiger partial charge in [0.15, 0.2) is 0 Å². The lowest BCUT2D eigenvalue weighted by Crippen LogP contribution is -2.35. The number of hydrogen-bond acceptors (Lipinski definition) is 5. The predicted molar refractivity (Wildman–Crippen MR) is 64.8 cm³/mol. The van der Waals surface area contributed by atoms with Gasteiger partial charge in [0.25, 0.3) is 0 Å². The van der Waals surface area contributed by atoms with E-state index in [4.69, 9.17) is 4.42 Å². The van der Waals surface area contributed by atoms with Gasteiger partial charge in [-0.05, 0) is 27.7 Å². The van der Waals surface area contributed by atoms with E-state index in [0.717, 1.165) is 4.90 Å². The minimum absolute atomic E-state index is 0.106. The number of nitrogens with one attached hydrogen (secondary N) is 1. The summed E-state index contributed by atoms with van der Waals surface area (Å²) in [5.41, 5.74) is -0.134. The molecule has 110 valence electrons. The monoisotopic (exact) mass is 280 g/mol. The first kappa shape index (κ1) is 15.7. The van der Waals surface area contributed by atoms with Crippen LogP contribution in [-0.4, -0.2) is 35.0 Å². The fraction of sp³-hybridized carbons (Fsp3) is 0.818. The number of aromatic nitrogens is 2. The van der Waals surface area contributed by atoms with Gasteiger partial charge >= 0.3 is 12.2 Å². The molecule has 19 heavy (non-hydrogen) atoms. The first-order valence-electron chi connectivity index (χ1n) is 6.00. The smallest absolute Gasteiger partial charge is 0.406 e. The van der Waals surface area contributed by atoms with Gasteiger partial charge in [0.2, 0.25) is 5.89 Å². The zero-order chi connectivity index (χ0) is 14.7. The maximum Gasteiger partial charge on any atom is 0.406 e. The van der Waals surface area contributed by atoms with Crippen LogP contribution in [0.1, 0.15) is 33.6 Å². The second kappa shape index (κ2) is 5.77. The van der Waals surface area contributed by atoms with Crippen molar-refractivity contribution >= 4 is 6.01 Å². The number of rotatable bonds is 5. The number of halogens is 3. The Bertz CT molecular complexity index is 397. The Balaban J connectivity index is 2.66. The molecule has 1 heterocycles. The summed E-state index contributed by atoms with van der Waals surface area (Å²) in [4.78, 5) is 0.994. The Morgan fingerprint density at radius 1 is 1.21 bits per heavy atom. The van der Waals surface area contributed by atoms with Crippen LogP contribution in [0.5, 0.6) is 0 Å². The average molecular weight is 280 g/mol. The van der Waals surface area contributed by atoms with Crippen LogP contribution in [0.3, 0.4) is 0 Å². The molecule has 5 nitrogen and oxygen atoms in total. The number of alkyl halides is 3.